The van der Waals surface area contributed by atoms with Gasteiger partial charge < -0.3 is 29.0 Å². The summed E-state index contributed by atoms with van der Waals surface area (Å²) in [5.74, 6) is 1.97. The van der Waals surface area contributed by atoms with Gasteiger partial charge in [-0.15, -0.1) is 0 Å². The molecule has 0 aromatic heterocycles. The van der Waals surface area contributed by atoms with E-state index in [-0.39, 0.29) is 23.1 Å². The molecule has 1 heterocycles. The number of anilines is 1. The molecule has 1 N–H and O–H groups in total. The first-order chi connectivity index (χ1) is 13.5. The van der Waals surface area contributed by atoms with Gasteiger partial charge in [-0.3, -0.25) is 4.79 Å². The number of phenolic OH excluding ortho intramolecular Hbond substituents is 1. The van der Waals surface area contributed by atoms with Crippen LogP contribution in [0.25, 0.3) is 0 Å². The molecule has 1 aliphatic heterocycles. The molecule has 28 heavy (non-hydrogen) atoms. The number of β-lactam (4-membered cyclic amide) rings is 1. The van der Waals surface area contributed by atoms with Crippen LogP contribution in [0.15, 0.2) is 30.3 Å². The summed E-state index contributed by atoms with van der Waals surface area (Å²) in [4.78, 5) is 14.8. The highest BCUT2D eigenvalue weighted by Gasteiger charge is 2.68. The molecule has 2 aliphatic rings. The lowest BCUT2D eigenvalue weighted by atomic mass is 9.78. The number of hydrogen-bond donors (Lipinski definition) is 1. The van der Waals surface area contributed by atoms with Gasteiger partial charge in [-0.05, 0) is 30.5 Å². The molecule has 0 bridgehead atoms. The number of ether oxygens (including phenoxy) is 4. The van der Waals surface area contributed by atoms with E-state index in [0.29, 0.717) is 28.7 Å². The van der Waals surface area contributed by atoms with Crippen molar-refractivity contribution in [2.24, 2.45) is 5.41 Å². The van der Waals surface area contributed by atoms with Crippen molar-refractivity contribution in [3.8, 4) is 28.7 Å². The maximum absolute atomic E-state index is 13.0. The molecule has 7 heteroatoms. The highest BCUT2D eigenvalue weighted by atomic mass is 16.5. The lowest BCUT2D eigenvalue weighted by molar-refractivity contribution is -0.132. The maximum atomic E-state index is 13.0. The number of carbonyl (C=O) groups excluding carboxylic acids is 1. The fourth-order valence-corrected chi connectivity index (χ4v) is 4.09. The number of phenols is 1. The van der Waals surface area contributed by atoms with Crippen LogP contribution in [0.4, 0.5) is 5.69 Å². The number of aromatic hydroxyl groups is 1. The summed E-state index contributed by atoms with van der Waals surface area (Å²) in [6, 6.07) is 8.65. The third-order valence-electron chi connectivity index (χ3n) is 5.66. The zero-order valence-corrected chi connectivity index (χ0v) is 16.3. The van der Waals surface area contributed by atoms with Gasteiger partial charge in [-0.2, -0.15) is 0 Å². The molecule has 148 valence electrons. The van der Waals surface area contributed by atoms with Gasteiger partial charge in [0.25, 0.3) is 0 Å². The van der Waals surface area contributed by atoms with Crippen LogP contribution < -0.4 is 23.8 Å². The van der Waals surface area contributed by atoms with Crippen LogP contribution in [0, 0.1) is 5.41 Å². The van der Waals surface area contributed by atoms with Crippen LogP contribution in [0.2, 0.25) is 0 Å². The van der Waals surface area contributed by atoms with Gasteiger partial charge in [0.1, 0.15) is 0 Å². The smallest absolute Gasteiger partial charge is 0.236 e. The highest BCUT2D eigenvalue weighted by Crippen LogP contribution is 2.67. The Balaban J connectivity index is 1.79. The van der Waals surface area contributed by atoms with E-state index in [1.165, 1.54) is 14.2 Å². The van der Waals surface area contributed by atoms with Gasteiger partial charge in [0, 0.05) is 12.1 Å². The molecule has 1 spiro atoms. The molecule has 1 saturated heterocycles. The largest absolute Gasteiger partial charge is 0.504 e. The van der Waals surface area contributed by atoms with E-state index in [1.54, 1.807) is 43.4 Å². The Morgan fingerprint density at radius 1 is 0.929 bits per heavy atom. The fourth-order valence-electron chi connectivity index (χ4n) is 4.09. The van der Waals surface area contributed by atoms with Crippen molar-refractivity contribution in [2.75, 3.05) is 33.3 Å². The second-order valence-electron chi connectivity index (χ2n) is 7.05. The van der Waals surface area contributed by atoms with Crippen molar-refractivity contribution < 1.29 is 28.8 Å². The lowest BCUT2D eigenvalue weighted by Crippen LogP contribution is -2.57. The Labute approximate surface area is 163 Å². The number of carbonyl (C=O) groups is 1. The van der Waals surface area contributed by atoms with Gasteiger partial charge in [0.05, 0.1) is 45.6 Å². The Morgan fingerprint density at radius 3 is 2.00 bits per heavy atom. The summed E-state index contributed by atoms with van der Waals surface area (Å²) in [5, 5.41) is 10.2. The van der Waals surface area contributed by atoms with Crippen LogP contribution in [0.3, 0.4) is 0 Å². The molecule has 1 atom stereocenters. The molecule has 2 aromatic carbocycles. The molecule has 0 unspecified atom stereocenters. The third kappa shape index (κ3) is 2.46. The van der Waals surface area contributed by atoms with Gasteiger partial charge >= 0.3 is 0 Å². The zero-order valence-electron chi connectivity index (χ0n) is 16.3. The van der Waals surface area contributed by atoms with Crippen molar-refractivity contribution in [1.29, 1.82) is 0 Å². The molecule has 7 nitrogen and oxygen atoms in total. The normalized spacial score (nSPS) is 19.2. The Morgan fingerprint density at radius 2 is 1.54 bits per heavy atom. The predicted molar refractivity (Wildman–Crippen MR) is 103 cm³/mol. The summed E-state index contributed by atoms with van der Waals surface area (Å²) < 4.78 is 21.4. The molecule has 2 fully saturated rings. The maximum Gasteiger partial charge on any atom is 0.236 e. The van der Waals surface area contributed by atoms with Crippen molar-refractivity contribution in [2.45, 2.75) is 18.9 Å². The first-order valence-corrected chi connectivity index (χ1v) is 9.01. The minimum atomic E-state index is -0.387. The fraction of sp³-hybridized carbons (Fsp3) is 0.381. The number of rotatable bonds is 6. The van der Waals surface area contributed by atoms with E-state index in [0.717, 1.165) is 18.4 Å². The predicted octanol–water partition coefficient (Wildman–Crippen LogP) is 3.29. The second kappa shape index (κ2) is 6.51. The number of amides is 1. The van der Waals surface area contributed by atoms with Crippen LogP contribution in [0.5, 0.6) is 28.7 Å². The second-order valence-corrected chi connectivity index (χ2v) is 7.05. The van der Waals surface area contributed by atoms with E-state index in [2.05, 4.69) is 0 Å². The molecule has 1 saturated carbocycles. The Hall–Kier alpha value is -3.09. The van der Waals surface area contributed by atoms with Gasteiger partial charge in [0.2, 0.25) is 11.7 Å². The van der Waals surface area contributed by atoms with Crippen molar-refractivity contribution in [1.82, 2.24) is 0 Å². The summed E-state index contributed by atoms with van der Waals surface area (Å²) in [5.41, 5.74) is 1.14. The summed E-state index contributed by atoms with van der Waals surface area (Å²) in [7, 11) is 6.13. The SMILES string of the molecule is COc1ccc([C@@H]2N(c3cc(OC)c(OC)c(OC)c3)C(=O)C23CC3)cc1O. The Bertz CT molecular complexity index is 911. The minimum absolute atomic E-state index is 0.0555. The van der Waals surface area contributed by atoms with Crippen LogP contribution in [-0.2, 0) is 4.79 Å². The molecule has 1 aliphatic carbocycles. The third-order valence-corrected chi connectivity index (χ3v) is 5.66. The van der Waals surface area contributed by atoms with E-state index in [4.69, 9.17) is 18.9 Å². The topological polar surface area (TPSA) is 77.5 Å². The number of methoxy groups -OCH3 is 4. The van der Waals surface area contributed by atoms with Crippen LogP contribution >= 0.6 is 0 Å². The van der Waals surface area contributed by atoms with Gasteiger partial charge in [0.15, 0.2) is 23.0 Å². The average Bonchev–Trinajstić information content (AvgIpc) is 3.53. The number of hydrogen-bond acceptors (Lipinski definition) is 6. The monoisotopic (exact) mass is 385 g/mol. The zero-order chi connectivity index (χ0) is 20.1. The first kappa shape index (κ1) is 18.3. The first-order valence-electron chi connectivity index (χ1n) is 9.01. The molecule has 1 amide bonds. The van der Waals surface area contributed by atoms with Crippen molar-refractivity contribution in [3.05, 3.63) is 35.9 Å². The number of benzene rings is 2. The van der Waals surface area contributed by atoms with E-state index in [1.807, 2.05) is 6.07 Å². The Kier molecular flexibility index (Phi) is 4.25. The summed E-state index contributed by atoms with van der Waals surface area (Å²) >= 11 is 0. The van der Waals surface area contributed by atoms with Gasteiger partial charge in [-0.1, -0.05) is 6.07 Å². The van der Waals surface area contributed by atoms with Gasteiger partial charge in [-0.25, -0.2) is 0 Å². The highest BCUT2D eigenvalue weighted by molar-refractivity contribution is 6.08. The van der Waals surface area contributed by atoms with E-state index in [9.17, 15) is 9.90 Å². The van der Waals surface area contributed by atoms with E-state index < -0.39 is 0 Å². The standard InChI is InChI=1S/C21H23NO6/c1-25-15-6-5-12(9-14(15)23)19-21(7-8-21)20(24)22(19)13-10-16(26-2)18(28-4)17(11-13)27-3/h5-6,9-11,19,23H,7-8H2,1-4H3/t19-/m0/s1. The van der Waals surface area contributed by atoms with E-state index >= 15 is 0 Å². The molecule has 2 aromatic rings. The minimum Gasteiger partial charge on any atom is -0.504 e. The number of nitrogens with zero attached hydrogens (tertiary/aromatic N) is 1. The van der Waals surface area contributed by atoms with Crippen LogP contribution in [-0.4, -0.2) is 39.5 Å². The van der Waals surface area contributed by atoms with Crippen molar-refractivity contribution in [3.63, 3.8) is 0 Å². The average molecular weight is 385 g/mol. The lowest BCUT2D eigenvalue weighted by Gasteiger charge is -2.48. The van der Waals surface area contributed by atoms with Crippen molar-refractivity contribution >= 4 is 11.6 Å². The molecule has 0 radical (unpaired) electrons. The quantitative estimate of drug-likeness (QED) is 0.769. The molecule has 4 rings (SSSR count). The summed E-state index contributed by atoms with van der Waals surface area (Å²) in [6.07, 6.45) is 1.68. The summed E-state index contributed by atoms with van der Waals surface area (Å²) in [6.45, 7) is 0. The van der Waals surface area contributed by atoms with Crippen LogP contribution in [0.1, 0.15) is 24.4 Å². The molecular formula is C21H23NO6. The molecular weight excluding hydrogens is 362 g/mol.